The molecular formula is C22H42Si2. The minimum atomic E-state index is -1.08. The second-order valence-electron chi connectivity index (χ2n) is 10.0. The fourth-order valence-corrected chi connectivity index (χ4v) is 11.3. The van der Waals surface area contributed by atoms with Gasteiger partial charge in [0, 0.05) is 0 Å². The summed E-state index contributed by atoms with van der Waals surface area (Å²) in [5.74, 6) is 0.872. The molecule has 0 radical (unpaired) electrons. The summed E-state index contributed by atoms with van der Waals surface area (Å²) in [5, 5.41) is 0. The first-order valence-electron chi connectivity index (χ1n) is 10.6. The van der Waals surface area contributed by atoms with Crippen molar-refractivity contribution in [2.24, 2.45) is 5.92 Å². The van der Waals surface area contributed by atoms with E-state index in [-0.39, 0.29) is 0 Å². The van der Waals surface area contributed by atoms with Gasteiger partial charge in [-0.05, 0) is 41.9 Å². The zero-order valence-corrected chi connectivity index (χ0v) is 18.9. The zero-order chi connectivity index (χ0) is 17.6. The molecule has 0 aliphatic heterocycles. The number of rotatable bonds is 7. The molecule has 2 unspecified atom stereocenters. The predicted octanol–water partition coefficient (Wildman–Crippen LogP) is 8.04. The van der Waals surface area contributed by atoms with Crippen LogP contribution in [0.3, 0.4) is 0 Å². The van der Waals surface area contributed by atoms with Crippen LogP contribution in [0.2, 0.25) is 49.4 Å². The molecule has 0 nitrogen and oxygen atoms in total. The Balaban J connectivity index is 1.82. The molecule has 0 N–H and O–H groups in total. The first-order chi connectivity index (χ1) is 11.3. The van der Waals surface area contributed by atoms with Gasteiger partial charge in [-0.25, -0.2) is 0 Å². The van der Waals surface area contributed by atoms with Gasteiger partial charge in [-0.2, -0.15) is 0 Å². The van der Waals surface area contributed by atoms with Crippen LogP contribution in [0, 0.1) is 5.92 Å². The van der Waals surface area contributed by atoms with Crippen molar-refractivity contribution in [3.8, 4) is 0 Å². The Morgan fingerprint density at radius 3 is 2.00 bits per heavy atom. The van der Waals surface area contributed by atoms with E-state index in [4.69, 9.17) is 0 Å². The highest BCUT2D eigenvalue weighted by molar-refractivity contribution is 6.79. The van der Waals surface area contributed by atoms with Crippen molar-refractivity contribution < 1.29 is 0 Å². The summed E-state index contributed by atoms with van der Waals surface area (Å²) in [4.78, 5) is 0. The Bertz CT molecular complexity index is 416. The van der Waals surface area contributed by atoms with Crippen LogP contribution in [-0.2, 0) is 0 Å². The highest BCUT2D eigenvalue weighted by Crippen LogP contribution is 2.42. The first kappa shape index (κ1) is 20.2. The molecule has 0 heterocycles. The number of allylic oxidation sites excluding steroid dienone is 3. The number of hydrogen-bond donors (Lipinski definition) is 0. The van der Waals surface area contributed by atoms with E-state index < -0.39 is 16.1 Å². The Morgan fingerprint density at radius 1 is 0.750 bits per heavy atom. The average Bonchev–Trinajstić information content (AvgIpc) is 2.95. The lowest BCUT2D eigenvalue weighted by molar-refractivity contribution is 0.557. The maximum absolute atomic E-state index is 4.00. The quantitative estimate of drug-likeness (QED) is 0.244. The monoisotopic (exact) mass is 362 g/mol. The Kier molecular flexibility index (Phi) is 7.61. The smallest absolute Gasteiger partial charge is 0.0542 e. The van der Waals surface area contributed by atoms with Gasteiger partial charge in [0.05, 0.1) is 16.1 Å². The highest BCUT2D eigenvalue weighted by Gasteiger charge is 2.33. The van der Waals surface area contributed by atoms with Gasteiger partial charge in [-0.15, -0.1) is 6.58 Å². The largest absolute Gasteiger partial charge is 0.103 e. The lowest BCUT2D eigenvalue weighted by Crippen LogP contribution is -2.31. The summed E-state index contributed by atoms with van der Waals surface area (Å²) in [5.41, 5.74) is 2.13. The van der Waals surface area contributed by atoms with Crippen molar-refractivity contribution in [1.29, 1.82) is 0 Å². The van der Waals surface area contributed by atoms with Crippen LogP contribution >= 0.6 is 0 Å². The molecule has 2 aliphatic carbocycles. The molecule has 0 saturated heterocycles. The van der Waals surface area contributed by atoms with Crippen LogP contribution in [0.5, 0.6) is 0 Å². The van der Waals surface area contributed by atoms with Crippen molar-refractivity contribution in [2.45, 2.75) is 107 Å². The zero-order valence-electron chi connectivity index (χ0n) is 16.9. The molecule has 0 amide bonds. The molecule has 2 heteroatoms. The van der Waals surface area contributed by atoms with Gasteiger partial charge in [0.15, 0.2) is 0 Å². The summed E-state index contributed by atoms with van der Waals surface area (Å²) < 4.78 is 0. The second kappa shape index (κ2) is 9.03. The Hall–Kier alpha value is -0.0862. The summed E-state index contributed by atoms with van der Waals surface area (Å²) >= 11 is 0. The van der Waals surface area contributed by atoms with Gasteiger partial charge in [-0.1, -0.05) is 89.4 Å². The summed E-state index contributed by atoms with van der Waals surface area (Å²) in [6.07, 6.45) is 20.8. The molecule has 2 rings (SSSR count). The molecule has 24 heavy (non-hydrogen) atoms. The SMILES string of the molecule is C=CC[Si](C)(C)C1CCCC(/C=C\C[Si](C)(C)C2CCCC2)CC1. The average molecular weight is 363 g/mol. The van der Waals surface area contributed by atoms with E-state index in [9.17, 15) is 0 Å². The topological polar surface area (TPSA) is 0 Å². The van der Waals surface area contributed by atoms with Crippen LogP contribution in [-0.4, -0.2) is 16.1 Å². The highest BCUT2D eigenvalue weighted by atomic mass is 28.3. The van der Waals surface area contributed by atoms with Crippen LogP contribution in [0.25, 0.3) is 0 Å². The molecule has 2 fully saturated rings. The molecule has 0 aromatic rings. The third kappa shape index (κ3) is 5.73. The van der Waals surface area contributed by atoms with Crippen molar-refractivity contribution in [3.05, 3.63) is 24.8 Å². The normalized spacial score (nSPS) is 27.5. The molecule has 0 aromatic carbocycles. The van der Waals surface area contributed by atoms with Gasteiger partial charge in [-0.3, -0.25) is 0 Å². The third-order valence-electron chi connectivity index (χ3n) is 7.30. The van der Waals surface area contributed by atoms with Crippen molar-refractivity contribution in [3.63, 3.8) is 0 Å². The van der Waals surface area contributed by atoms with Crippen molar-refractivity contribution in [2.75, 3.05) is 0 Å². The van der Waals surface area contributed by atoms with E-state index in [0.29, 0.717) is 0 Å². The van der Waals surface area contributed by atoms with Gasteiger partial charge in [0.25, 0.3) is 0 Å². The van der Waals surface area contributed by atoms with Crippen LogP contribution in [0.15, 0.2) is 24.8 Å². The summed E-state index contributed by atoms with van der Waals surface area (Å²) in [6, 6.07) is 2.73. The minimum Gasteiger partial charge on any atom is -0.103 e. The van der Waals surface area contributed by atoms with E-state index in [1.54, 1.807) is 0 Å². The minimum absolute atomic E-state index is 0.872. The number of hydrogen-bond acceptors (Lipinski definition) is 0. The van der Waals surface area contributed by atoms with Crippen LogP contribution in [0.4, 0.5) is 0 Å². The molecule has 0 spiro atoms. The molecular weight excluding hydrogens is 320 g/mol. The standard InChI is InChI=1S/C22H42Si2/c1-6-18-23(2,3)22-15-9-11-20(16-17-22)12-10-19-24(4,5)21-13-7-8-14-21/h6,10,12,20-22H,1,7-9,11,13-19H2,2-5H3/b12-10-. The molecule has 2 aliphatic rings. The van der Waals surface area contributed by atoms with E-state index in [2.05, 4.69) is 51.0 Å². The third-order valence-corrected chi connectivity index (χ3v) is 15.5. The van der Waals surface area contributed by atoms with E-state index in [1.165, 1.54) is 69.9 Å². The molecule has 2 atom stereocenters. The summed E-state index contributed by atoms with van der Waals surface area (Å²) in [6.45, 7) is 14.5. The van der Waals surface area contributed by atoms with Gasteiger partial charge in [0.2, 0.25) is 0 Å². The van der Waals surface area contributed by atoms with Gasteiger partial charge < -0.3 is 0 Å². The molecule has 0 bridgehead atoms. The molecule has 2 saturated carbocycles. The van der Waals surface area contributed by atoms with Crippen molar-refractivity contribution >= 4 is 16.1 Å². The van der Waals surface area contributed by atoms with Gasteiger partial charge in [0.1, 0.15) is 0 Å². The fourth-order valence-electron chi connectivity index (χ4n) is 5.28. The Morgan fingerprint density at radius 2 is 1.33 bits per heavy atom. The Labute approximate surface area is 154 Å². The predicted molar refractivity (Wildman–Crippen MR) is 116 cm³/mol. The van der Waals surface area contributed by atoms with Crippen LogP contribution < -0.4 is 0 Å². The van der Waals surface area contributed by atoms with E-state index >= 15 is 0 Å². The maximum Gasteiger partial charge on any atom is 0.0542 e. The van der Waals surface area contributed by atoms with Crippen LogP contribution in [0.1, 0.15) is 57.8 Å². The maximum atomic E-state index is 4.00. The fraction of sp³-hybridized carbons (Fsp3) is 0.818. The van der Waals surface area contributed by atoms with E-state index in [1.807, 2.05) is 0 Å². The first-order valence-corrected chi connectivity index (χ1v) is 17.2. The summed E-state index contributed by atoms with van der Waals surface area (Å²) in [7, 11) is -2.09. The van der Waals surface area contributed by atoms with Gasteiger partial charge >= 0.3 is 0 Å². The second-order valence-corrected chi connectivity index (χ2v) is 20.5. The molecule has 138 valence electrons. The lowest BCUT2D eigenvalue weighted by atomic mass is 10.0. The van der Waals surface area contributed by atoms with E-state index in [0.717, 1.165) is 17.0 Å². The van der Waals surface area contributed by atoms with Crippen molar-refractivity contribution in [1.82, 2.24) is 0 Å². The lowest BCUT2D eigenvalue weighted by Gasteiger charge is -2.31. The molecule has 0 aromatic heterocycles.